The molecule has 2 aromatic rings. The number of nitrogens with one attached hydrogen (secondary N) is 1. The first-order valence-corrected chi connectivity index (χ1v) is 10.4. The Labute approximate surface area is 176 Å². The van der Waals surface area contributed by atoms with E-state index in [1.807, 2.05) is 43.3 Å². The number of amides is 2. The van der Waals surface area contributed by atoms with Crippen LogP contribution in [0.4, 0.5) is 5.69 Å². The Morgan fingerprint density at radius 2 is 1.80 bits per heavy atom. The molecule has 2 aliphatic rings. The highest BCUT2D eigenvalue weighted by Gasteiger charge is 2.48. The number of ether oxygens (including phenoxy) is 1. The van der Waals surface area contributed by atoms with Crippen molar-refractivity contribution in [3.8, 4) is 5.75 Å². The van der Waals surface area contributed by atoms with Crippen molar-refractivity contribution in [3.63, 3.8) is 0 Å². The third-order valence-corrected chi connectivity index (χ3v) is 5.93. The molecule has 0 atom stereocenters. The zero-order valence-corrected chi connectivity index (χ0v) is 17.5. The maximum Gasteiger partial charge on any atom is 0.275 e. The van der Waals surface area contributed by atoms with Gasteiger partial charge in [-0.25, -0.2) is 0 Å². The zero-order valence-electron chi connectivity index (χ0n) is 17.5. The number of carbonyl (C=O) groups is 2. The number of methoxy groups -OCH3 is 1. The maximum absolute atomic E-state index is 13.4. The molecule has 2 aromatic carbocycles. The SMILES string of the molecule is COc1ccccc1NC(=O)CN1C(=O)C(c2ccc(C)cc2)=NC12CCCCC2. The molecular formula is C24H27N3O3. The fourth-order valence-corrected chi connectivity index (χ4v) is 4.33. The van der Waals surface area contributed by atoms with Crippen LogP contribution in [0.2, 0.25) is 0 Å². The van der Waals surface area contributed by atoms with Gasteiger partial charge in [-0.3, -0.25) is 14.6 Å². The monoisotopic (exact) mass is 405 g/mol. The molecule has 0 bridgehead atoms. The number of aliphatic imine (C=N–C) groups is 1. The van der Waals surface area contributed by atoms with E-state index in [0.717, 1.165) is 43.2 Å². The van der Waals surface area contributed by atoms with Gasteiger partial charge < -0.3 is 15.0 Å². The molecule has 30 heavy (non-hydrogen) atoms. The third-order valence-electron chi connectivity index (χ3n) is 5.93. The van der Waals surface area contributed by atoms with Gasteiger partial charge >= 0.3 is 0 Å². The van der Waals surface area contributed by atoms with Gasteiger partial charge in [-0.15, -0.1) is 0 Å². The van der Waals surface area contributed by atoms with E-state index >= 15 is 0 Å². The van der Waals surface area contributed by atoms with Crippen LogP contribution in [-0.2, 0) is 9.59 Å². The molecule has 2 amide bonds. The van der Waals surface area contributed by atoms with Crippen molar-refractivity contribution >= 4 is 23.2 Å². The largest absolute Gasteiger partial charge is 0.495 e. The number of anilines is 1. The van der Waals surface area contributed by atoms with E-state index in [4.69, 9.17) is 9.73 Å². The van der Waals surface area contributed by atoms with Gasteiger partial charge in [0.15, 0.2) is 0 Å². The van der Waals surface area contributed by atoms with Gasteiger partial charge in [0.1, 0.15) is 23.7 Å². The fourth-order valence-electron chi connectivity index (χ4n) is 4.33. The van der Waals surface area contributed by atoms with Crippen LogP contribution in [0.15, 0.2) is 53.5 Å². The van der Waals surface area contributed by atoms with Crippen molar-refractivity contribution in [2.75, 3.05) is 19.0 Å². The number of para-hydroxylation sites is 2. The summed E-state index contributed by atoms with van der Waals surface area (Å²) in [5.41, 5.74) is 2.37. The molecule has 0 radical (unpaired) electrons. The molecule has 0 unspecified atom stereocenters. The van der Waals surface area contributed by atoms with Gasteiger partial charge in [0.05, 0.1) is 12.8 Å². The average molecular weight is 405 g/mol. The van der Waals surface area contributed by atoms with Crippen LogP contribution in [0.3, 0.4) is 0 Å². The van der Waals surface area contributed by atoms with E-state index in [1.54, 1.807) is 24.1 Å². The number of benzene rings is 2. The second-order valence-corrected chi connectivity index (χ2v) is 8.01. The first kappa shape index (κ1) is 20.1. The van der Waals surface area contributed by atoms with Gasteiger partial charge in [0.25, 0.3) is 5.91 Å². The molecule has 6 nitrogen and oxygen atoms in total. The highest BCUT2D eigenvalue weighted by atomic mass is 16.5. The maximum atomic E-state index is 13.4. The quantitative estimate of drug-likeness (QED) is 0.819. The number of aryl methyl sites for hydroxylation is 1. The molecule has 1 spiro atoms. The van der Waals surface area contributed by atoms with Crippen LogP contribution >= 0.6 is 0 Å². The third kappa shape index (κ3) is 3.82. The summed E-state index contributed by atoms with van der Waals surface area (Å²) in [4.78, 5) is 32.8. The average Bonchev–Trinajstić information content (AvgIpc) is 3.01. The van der Waals surface area contributed by atoms with E-state index in [9.17, 15) is 9.59 Å². The Bertz CT molecular complexity index is 975. The fraction of sp³-hybridized carbons (Fsp3) is 0.375. The summed E-state index contributed by atoms with van der Waals surface area (Å²) in [5, 5.41) is 2.88. The van der Waals surface area contributed by atoms with Gasteiger partial charge in [0.2, 0.25) is 5.91 Å². The van der Waals surface area contributed by atoms with Gasteiger partial charge in [-0.2, -0.15) is 0 Å². The summed E-state index contributed by atoms with van der Waals surface area (Å²) >= 11 is 0. The van der Waals surface area contributed by atoms with E-state index in [1.165, 1.54) is 0 Å². The Balaban J connectivity index is 1.59. The molecule has 1 heterocycles. The van der Waals surface area contributed by atoms with Crippen molar-refractivity contribution in [2.45, 2.75) is 44.7 Å². The Kier molecular flexibility index (Phi) is 5.57. The topological polar surface area (TPSA) is 71.0 Å². The predicted molar refractivity (Wildman–Crippen MR) is 117 cm³/mol. The van der Waals surface area contributed by atoms with E-state index < -0.39 is 5.66 Å². The van der Waals surface area contributed by atoms with Crippen molar-refractivity contribution in [1.82, 2.24) is 4.90 Å². The number of nitrogens with zero attached hydrogens (tertiary/aromatic N) is 2. The lowest BCUT2D eigenvalue weighted by atomic mass is 9.88. The van der Waals surface area contributed by atoms with Crippen molar-refractivity contribution in [2.24, 2.45) is 4.99 Å². The predicted octanol–water partition coefficient (Wildman–Crippen LogP) is 3.93. The Morgan fingerprint density at radius 3 is 2.50 bits per heavy atom. The molecule has 1 aliphatic carbocycles. The molecule has 156 valence electrons. The summed E-state index contributed by atoms with van der Waals surface area (Å²) in [7, 11) is 1.56. The summed E-state index contributed by atoms with van der Waals surface area (Å²) in [6.07, 6.45) is 4.71. The first-order chi connectivity index (χ1) is 14.5. The van der Waals surface area contributed by atoms with Crippen molar-refractivity contribution < 1.29 is 14.3 Å². The lowest BCUT2D eigenvalue weighted by molar-refractivity contribution is -0.134. The van der Waals surface area contributed by atoms with Gasteiger partial charge in [-0.05, 0) is 44.7 Å². The molecular weight excluding hydrogens is 378 g/mol. The highest BCUT2D eigenvalue weighted by Crippen LogP contribution is 2.39. The standard InChI is InChI=1S/C24H27N3O3/c1-17-10-12-18(13-11-17)22-23(29)27(24(26-22)14-6-3-7-15-24)16-21(28)25-19-8-4-5-9-20(19)30-2/h4-5,8-13H,3,6-7,14-16H2,1-2H3,(H,25,28). The number of hydrogen-bond acceptors (Lipinski definition) is 4. The number of rotatable bonds is 5. The first-order valence-electron chi connectivity index (χ1n) is 10.4. The minimum absolute atomic E-state index is 0.0320. The number of carbonyl (C=O) groups excluding carboxylic acids is 2. The minimum atomic E-state index is -0.617. The Morgan fingerprint density at radius 1 is 1.10 bits per heavy atom. The van der Waals surface area contributed by atoms with Crippen LogP contribution in [0.25, 0.3) is 0 Å². The molecule has 1 N–H and O–H groups in total. The molecule has 6 heteroatoms. The highest BCUT2D eigenvalue weighted by molar-refractivity contribution is 6.47. The van der Waals surface area contributed by atoms with E-state index in [2.05, 4.69) is 5.32 Å². The van der Waals surface area contributed by atoms with Crippen molar-refractivity contribution in [1.29, 1.82) is 0 Å². The molecule has 1 fully saturated rings. The lowest BCUT2D eigenvalue weighted by Crippen LogP contribution is -2.51. The number of hydrogen-bond donors (Lipinski definition) is 1. The van der Waals surface area contributed by atoms with Crippen LogP contribution in [-0.4, -0.2) is 41.7 Å². The normalized spacial score (nSPS) is 17.7. The minimum Gasteiger partial charge on any atom is -0.495 e. The second kappa shape index (κ2) is 8.30. The summed E-state index contributed by atoms with van der Waals surface area (Å²) < 4.78 is 5.31. The van der Waals surface area contributed by atoms with E-state index in [0.29, 0.717) is 17.1 Å². The molecule has 1 aliphatic heterocycles. The Hall–Kier alpha value is -3.15. The lowest BCUT2D eigenvalue weighted by Gasteiger charge is -2.38. The second-order valence-electron chi connectivity index (χ2n) is 8.01. The van der Waals surface area contributed by atoms with E-state index in [-0.39, 0.29) is 18.4 Å². The van der Waals surface area contributed by atoms with Crippen LogP contribution < -0.4 is 10.1 Å². The van der Waals surface area contributed by atoms with Crippen LogP contribution in [0, 0.1) is 6.92 Å². The molecule has 4 rings (SSSR count). The smallest absolute Gasteiger partial charge is 0.275 e. The zero-order chi connectivity index (χ0) is 21.1. The van der Waals surface area contributed by atoms with Crippen molar-refractivity contribution in [3.05, 3.63) is 59.7 Å². The molecule has 0 saturated heterocycles. The van der Waals surface area contributed by atoms with Gasteiger partial charge in [-0.1, -0.05) is 48.4 Å². The van der Waals surface area contributed by atoms with Crippen LogP contribution in [0.5, 0.6) is 5.75 Å². The van der Waals surface area contributed by atoms with Crippen LogP contribution in [0.1, 0.15) is 43.2 Å². The summed E-state index contributed by atoms with van der Waals surface area (Å²) in [6.45, 7) is 1.98. The summed E-state index contributed by atoms with van der Waals surface area (Å²) in [5.74, 6) is 0.164. The molecule has 0 aromatic heterocycles. The molecule has 1 saturated carbocycles. The van der Waals surface area contributed by atoms with Gasteiger partial charge in [0, 0.05) is 5.56 Å². The summed E-state index contributed by atoms with van der Waals surface area (Å²) in [6, 6.07) is 15.1.